The van der Waals surface area contributed by atoms with Crippen molar-refractivity contribution in [2.24, 2.45) is 0 Å². The zero-order valence-electron chi connectivity index (χ0n) is 14.0. The first kappa shape index (κ1) is 18.1. The first-order valence-corrected chi connectivity index (χ1v) is 8.90. The van der Waals surface area contributed by atoms with E-state index >= 15 is 0 Å². The average molecular weight is 412 g/mol. The first-order chi connectivity index (χ1) is 12.0. The van der Waals surface area contributed by atoms with E-state index in [9.17, 15) is 8.78 Å². The van der Waals surface area contributed by atoms with Crippen LogP contribution in [0.5, 0.6) is 11.5 Å². The van der Waals surface area contributed by atoms with Crippen molar-refractivity contribution in [2.75, 3.05) is 20.2 Å². The summed E-state index contributed by atoms with van der Waals surface area (Å²) in [5, 5.41) is 0. The van der Waals surface area contributed by atoms with Crippen LogP contribution in [-0.4, -0.2) is 31.0 Å². The minimum absolute atomic E-state index is 0.0852. The van der Waals surface area contributed by atoms with Crippen LogP contribution in [-0.2, 0) is 13.2 Å². The van der Waals surface area contributed by atoms with Crippen LogP contribution in [0, 0.1) is 0 Å². The Morgan fingerprint density at radius 1 is 1.16 bits per heavy atom. The molecule has 0 aliphatic carbocycles. The van der Waals surface area contributed by atoms with Gasteiger partial charge in [0.2, 0.25) is 0 Å². The molecule has 2 aromatic carbocycles. The second-order valence-electron chi connectivity index (χ2n) is 6.16. The number of methoxy groups -OCH3 is 1. The van der Waals surface area contributed by atoms with E-state index in [0.29, 0.717) is 31.2 Å². The summed E-state index contributed by atoms with van der Waals surface area (Å²) in [6.07, 6.45) is -0.0852. The monoisotopic (exact) mass is 411 g/mol. The minimum Gasteiger partial charge on any atom is -0.493 e. The Hall–Kier alpha value is -1.66. The van der Waals surface area contributed by atoms with Gasteiger partial charge in [0, 0.05) is 19.5 Å². The lowest BCUT2D eigenvalue weighted by Crippen LogP contribution is -2.25. The molecule has 0 aromatic heterocycles. The number of likely N-dealkylation sites (tertiary alicyclic amines) is 1. The van der Waals surface area contributed by atoms with Crippen LogP contribution < -0.4 is 9.47 Å². The Kier molecular flexibility index (Phi) is 5.59. The Morgan fingerprint density at radius 2 is 1.92 bits per heavy atom. The van der Waals surface area contributed by atoms with Gasteiger partial charge >= 0.3 is 0 Å². The Morgan fingerprint density at radius 3 is 2.56 bits per heavy atom. The number of hydrogen-bond donors (Lipinski definition) is 0. The Labute approximate surface area is 154 Å². The van der Waals surface area contributed by atoms with Crippen LogP contribution in [0.2, 0.25) is 0 Å². The summed E-state index contributed by atoms with van der Waals surface area (Å²) in [5.74, 6) is -1.39. The van der Waals surface area contributed by atoms with Crippen molar-refractivity contribution in [1.82, 2.24) is 4.90 Å². The second-order valence-corrected chi connectivity index (χ2v) is 6.95. The SMILES string of the molecule is COc1ccc(CN2CCC(F)(F)C2)c(Br)c1OCc1ccccc1. The third-order valence-electron chi connectivity index (χ3n) is 4.23. The van der Waals surface area contributed by atoms with Crippen molar-refractivity contribution in [3.8, 4) is 11.5 Å². The molecule has 0 amide bonds. The van der Waals surface area contributed by atoms with E-state index in [4.69, 9.17) is 9.47 Å². The highest BCUT2D eigenvalue weighted by molar-refractivity contribution is 9.10. The lowest BCUT2D eigenvalue weighted by atomic mass is 10.2. The summed E-state index contributed by atoms with van der Waals surface area (Å²) in [4.78, 5) is 1.76. The summed E-state index contributed by atoms with van der Waals surface area (Å²) < 4.78 is 38.9. The molecule has 0 spiro atoms. The van der Waals surface area contributed by atoms with Gasteiger partial charge in [-0.1, -0.05) is 36.4 Å². The van der Waals surface area contributed by atoms with Gasteiger partial charge in [0.25, 0.3) is 5.92 Å². The van der Waals surface area contributed by atoms with Gasteiger partial charge in [0.15, 0.2) is 11.5 Å². The van der Waals surface area contributed by atoms with Crippen molar-refractivity contribution >= 4 is 15.9 Å². The highest BCUT2D eigenvalue weighted by Crippen LogP contribution is 2.39. The number of benzene rings is 2. The second kappa shape index (κ2) is 7.70. The number of halogens is 3. The molecular weight excluding hydrogens is 392 g/mol. The van der Waals surface area contributed by atoms with E-state index in [2.05, 4.69) is 15.9 Å². The Bertz CT molecular complexity index is 725. The van der Waals surface area contributed by atoms with Gasteiger partial charge in [-0.3, -0.25) is 4.90 Å². The first-order valence-electron chi connectivity index (χ1n) is 8.11. The highest BCUT2D eigenvalue weighted by atomic mass is 79.9. The molecule has 25 heavy (non-hydrogen) atoms. The van der Waals surface area contributed by atoms with E-state index in [-0.39, 0.29) is 13.0 Å². The molecule has 1 heterocycles. The molecule has 1 fully saturated rings. The van der Waals surface area contributed by atoms with E-state index in [0.717, 1.165) is 15.6 Å². The van der Waals surface area contributed by atoms with Crippen LogP contribution in [0.1, 0.15) is 17.5 Å². The number of ether oxygens (including phenoxy) is 2. The summed E-state index contributed by atoms with van der Waals surface area (Å²) in [6.45, 7) is 1.04. The molecule has 1 aliphatic heterocycles. The fourth-order valence-electron chi connectivity index (χ4n) is 2.91. The molecule has 0 unspecified atom stereocenters. The van der Waals surface area contributed by atoms with Crippen molar-refractivity contribution in [2.45, 2.75) is 25.5 Å². The van der Waals surface area contributed by atoms with Crippen LogP contribution in [0.3, 0.4) is 0 Å². The lowest BCUT2D eigenvalue weighted by molar-refractivity contribution is 0.0115. The summed E-state index contributed by atoms with van der Waals surface area (Å²) in [6, 6.07) is 13.5. The van der Waals surface area contributed by atoms with Crippen LogP contribution >= 0.6 is 15.9 Å². The molecule has 1 aliphatic rings. The Balaban J connectivity index is 1.77. The molecule has 134 valence electrons. The molecular formula is C19H20BrF2NO2. The molecule has 0 N–H and O–H groups in total. The molecule has 0 bridgehead atoms. The van der Waals surface area contributed by atoms with Gasteiger partial charge in [-0.2, -0.15) is 0 Å². The van der Waals surface area contributed by atoms with Gasteiger partial charge in [-0.15, -0.1) is 0 Å². The lowest BCUT2D eigenvalue weighted by Gasteiger charge is -2.19. The van der Waals surface area contributed by atoms with Crippen LogP contribution in [0.15, 0.2) is 46.9 Å². The third-order valence-corrected chi connectivity index (χ3v) is 5.10. The molecule has 0 atom stereocenters. The molecule has 2 aromatic rings. The largest absolute Gasteiger partial charge is 0.493 e. The number of rotatable bonds is 6. The molecule has 3 rings (SSSR count). The van der Waals surface area contributed by atoms with Crippen molar-refractivity contribution in [3.05, 3.63) is 58.1 Å². The van der Waals surface area contributed by atoms with Crippen molar-refractivity contribution < 1.29 is 18.3 Å². The molecule has 0 saturated carbocycles. The van der Waals surface area contributed by atoms with Gasteiger partial charge in [0.05, 0.1) is 18.1 Å². The molecule has 0 radical (unpaired) electrons. The minimum atomic E-state index is -2.59. The zero-order valence-corrected chi connectivity index (χ0v) is 15.6. The highest BCUT2D eigenvalue weighted by Gasteiger charge is 2.38. The summed E-state index contributed by atoms with van der Waals surface area (Å²) in [7, 11) is 1.58. The van der Waals surface area contributed by atoms with Gasteiger partial charge in [-0.05, 0) is 33.1 Å². The van der Waals surface area contributed by atoms with Gasteiger partial charge in [0.1, 0.15) is 6.61 Å². The molecule has 6 heteroatoms. The van der Waals surface area contributed by atoms with E-state index in [1.807, 2.05) is 42.5 Å². The number of alkyl halides is 2. The topological polar surface area (TPSA) is 21.7 Å². The van der Waals surface area contributed by atoms with Crippen molar-refractivity contribution in [1.29, 1.82) is 0 Å². The zero-order chi connectivity index (χ0) is 17.9. The van der Waals surface area contributed by atoms with E-state index in [1.165, 1.54) is 0 Å². The van der Waals surface area contributed by atoms with Crippen LogP contribution in [0.4, 0.5) is 8.78 Å². The third kappa shape index (κ3) is 4.50. The van der Waals surface area contributed by atoms with Crippen molar-refractivity contribution in [3.63, 3.8) is 0 Å². The van der Waals surface area contributed by atoms with E-state index < -0.39 is 5.92 Å². The standard InChI is InChI=1S/C19H20BrF2NO2/c1-24-16-8-7-15(11-23-10-9-19(21,22)13-23)17(20)18(16)25-12-14-5-3-2-4-6-14/h2-8H,9-13H2,1H3. The molecule has 3 nitrogen and oxygen atoms in total. The van der Waals surface area contributed by atoms with E-state index in [1.54, 1.807) is 12.0 Å². The maximum absolute atomic E-state index is 13.4. The predicted molar refractivity (Wildman–Crippen MR) is 96.3 cm³/mol. The normalized spacial score (nSPS) is 16.8. The predicted octanol–water partition coefficient (Wildman–Crippen LogP) is 4.88. The number of hydrogen-bond acceptors (Lipinski definition) is 3. The molecule has 1 saturated heterocycles. The quantitative estimate of drug-likeness (QED) is 0.675. The van der Waals surface area contributed by atoms with Gasteiger partial charge < -0.3 is 9.47 Å². The van der Waals surface area contributed by atoms with Gasteiger partial charge in [-0.25, -0.2) is 8.78 Å². The maximum Gasteiger partial charge on any atom is 0.261 e. The smallest absolute Gasteiger partial charge is 0.261 e. The average Bonchev–Trinajstić information content (AvgIpc) is 2.95. The fraction of sp³-hybridized carbons (Fsp3) is 0.368. The maximum atomic E-state index is 13.4. The summed E-state index contributed by atoms with van der Waals surface area (Å²) >= 11 is 3.56. The van der Waals surface area contributed by atoms with Crippen LogP contribution in [0.25, 0.3) is 0 Å². The fourth-order valence-corrected chi connectivity index (χ4v) is 3.48. The number of nitrogens with zero attached hydrogens (tertiary/aromatic N) is 1. The summed E-state index contributed by atoms with van der Waals surface area (Å²) in [5.41, 5.74) is 1.95.